The second-order valence-corrected chi connectivity index (χ2v) is 5.68. The van der Waals surface area contributed by atoms with Crippen LogP contribution in [0.3, 0.4) is 0 Å². The van der Waals surface area contributed by atoms with Crippen LogP contribution in [0, 0.1) is 6.92 Å². The number of anilines is 1. The van der Waals surface area contributed by atoms with E-state index >= 15 is 0 Å². The lowest BCUT2D eigenvalue weighted by Gasteiger charge is -2.29. The number of aryl methyl sites for hydroxylation is 1. The summed E-state index contributed by atoms with van der Waals surface area (Å²) in [6.07, 6.45) is 1.39. The fraction of sp³-hybridized carbons (Fsp3) is 0.455. The second kappa shape index (κ2) is 4.83. The van der Waals surface area contributed by atoms with E-state index in [1.54, 1.807) is 6.07 Å². The first-order valence-electron chi connectivity index (χ1n) is 5.38. The molecule has 0 radical (unpaired) electrons. The third-order valence-corrected chi connectivity index (χ3v) is 4.04. The van der Waals surface area contributed by atoms with Crippen LogP contribution in [0.1, 0.15) is 16.1 Å². The van der Waals surface area contributed by atoms with Crippen LogP contribution >= 0.6 is 0 Å². The van der Waals surface area contributed by atoms with Gasteiger partial charge in [0.2, 0.25) is 0 Å². The number of aromatic carboxylic acids is 1. The maximum absolute atomic E-state index is 11.3. The van der Waals surface area contributed by atoms with Crippen molar-refractivity contribution in [3.8, 4) is 0 Å². The van der Waals surface area contributed by atoms with E-state index in [-0.39, 0.29) is 5.56 Å². The average Bonchev–Trinajstić information content (AvgIpc) is 2.29. The molecule has 5 nitrogen and oxygen atoms in total. The van der Waals surface area contributed by atoms with E-state index in [2.05, 4.69) is 4.98 Å². The molecule has 0 aromatic carbocycles. The van der Waals surface area contributed by atoms with Gasteiger partial charge < -0.3 is 10.0 Å². The molecule has 0 spiro atoms. The Kier molecular flexibility index (Phi) is 3.42. The van der Waals surface area contributed by atoms with Crippen LogP contribution in [-0.4, -0.2) is 44.9 Å². The molecule has 0 aliphatic carbocycles. The quantitative estimate of drug-likeness (QED) is 0.839. The molecule has 0 amide bonds. The van der Waals surface area contributed by atoms with E-state index in [0.717, 1.165) is 5.69 Å². The largest absolute Gasteiger partial charge is 0.478 e. The van der Waals surface area contributed by atoms with Gasteiger partial charge in [-0.15, -0.1) is 0 Å². The lowest BCUT2D eigenvalue weighted by molar-refractivity contribution is 0.0697. The smallest absolute Gasteiger partial charge is 0.339 e. The van der Waals surface area contributed by atoms with Gasteiger partial charge in [-0.1, -0.05) is 0 Å². The normalized spacial score (nSPS) is 17.1. The van der Waals surface area contributed by atoms with Gasteiger partial charge in [0, 0.05) is 47.3 Å². The Balaban J connectivity index is 2.33. The molecule has 0 atom stereocenters. The Labute approximate surface area is 102 Å². The molecule has 2 rings (SSSR count). The van der Waals surface area contributed by atoms with Gasteiger partial charge in [0.15, 0.2) is 0 Å². The van der Waals surface area contributed by atoms with Gasteiger partial charge in [0.25, 0.3) is 0 Å². The molecular weight excluding hydrogens is 240 g/mol. The third kappa shape index (κ3) is 2.63. The van der Waals surface area contributed by atoms with E-state index < -0.39 is 16.8 Å². The Hall–Kier alpha value is -1.43. The highest BCUT2D eigenvalue weighted by Crippen LogP contribution is 2.22. The number of carboxylic acids is 1. The number of carbonyl (C=O) groups is 1. The summed E-state index contributed by atoms with van der Waals surface area (Å²) in [6.45, 7) is 3.10. The molecule has 1 aromatic rings. The number of aromatic nitrogens is 1. The predicted octanol–water partition coefficient (Wildman–Crippen LogP) is 0.657. The van der Waals surface area contributed by atoms with Gasteiger partial charge in [0.1, 0.15) is 5.56 Å². The Bertz CT molecular complexity index is 466. The SMILES string of the molecule is Cc1cc(N2CCS(=O)CC2)c(C(=O)O)cn1. The summed E-state index contributed by atoms with van der Waals surface area (Å²) >= 11 is 0. The van der Waals surface area contributed by atoms with Crippen LogP contribution in [0.2, 0.25) is 0 Å². The minimum atomic E-state index is -0.973. The molecule has 2 heterocycles. The molecule has 1 aliphatic rings. The molecule has 6 heteroatoms. The van der Waals surface area contributed by atoms with E-state index in [4.69, 9.17) is 5.11 Å². The second-order valence-electron chi connectivity index (χ2n) is 3.98. The maximum atomic E-state index is 11.3. The molecule has 1 aromatic heterocycles. The Morgan fingerprint density at radius 3 is 2.71 bits per heavy atom. The number of hydrogen-bond acceptors (Lipinski definition) is 4. The average molecular weight is 254 g/mol. The monoisotopic (exact) mass is 254 g/mol. The highest BCUT2D eigenvalue weighted by molar-refractivity contribution is 7.85. The predicted molar refractivity (Wildman–Crippen MR) is 66.0 cm³/mol. The molecule has 0 unspecified atom stereocenters. The van der Waals surface area contributed by atoms with Crippen LogP contribution in [0.5, 0.6) is 0 Å². The molecule has 0 saturated carbocycles. The van der Waals surface area contributed by atoms with Crippen molar-refractivity contribution in [3.63, 3.8) is 0 Å². The lowest BCUT2D eigenvalue weighted by atomic mass is 10.2. The number of hydrogen-bond donors (Lipinski definition) is 1. The van der Waals surface area contributed by atoms with Crippen molar-refractivity contribution in [2.24, 2.45) is 0 Å². The van der Waals surface area contributed by atoms with Crippen LogP contribution in [-0.2, 0) is 10.8 Å². The maximum Gasteiger partial charge on any atom is 0.339 e. The summed E-state index contributed by atoms with van der Waals surface area (Å²) in [6, 6.07) is 1.78. The summed E-state index contributed by atoms with van der Waals surface area (Å²) in [5.41, 5.74) is 1.68. The topological polar surface area (TPSA) is 70.5 Å². The van der Waals surface area contributed by atoms with Crippen LogP contribution in [0.15, 0.2) is 12.3 Å². The highest BCUT2D eigenvalue weighted by Gasteiger charge is 2.21. The van der Waals surface area contributed by atoms with Gasteiger partial charge in [-0.25, -0.2) is 4.79 Å². The van der Waals surface area contributed by atoms with Crippen LogP contribution < -0.4 is 4.90 Å². The summed E-state index contributed by atoms with van der Waals surface area (Å²) in [5, 5.41) is 9.11. The summed E-state index contributed by atoms with van der Waals surface area (Å²) in [7, 11) is -0.762. The van der Waals surface area contributed by atoms with Gasteiger partial charge in [-0.2, -0.15) is 0 Å². The van der Waals surface area contributed by atoms with E-state index in [0.29, 0.717) is 30.3 Å². The molecule has 92 valence electrons. The molecule has 1 fully saturated rings. The first-order chi connectivity index (χ1) is 8.08. The summed E-state index contributed by atoms with van der Waals surface area (Å²) < 4.78 is 11.3. The van der Waals surface area contributed by atoms with Crippen LogP contribution in [0.4, 0.5) is 5.69 Å². The van der Waals surface area contributed by atoms with Crippen molar-refractivity contribution in [1.29, 1.82) is 0 Å². The fourth-order valence-electron chi connectivity index (χ4n) is 1.85. The van der Waals surface area contributed by atoms with Crippen molar-refractivity contribution >= 4 is 22.5 Å². The van der Waals surface area contributed by atoms with E-state index in [9.17, 15) is 9.00 Å². The van der Waals surface area contributed by atoms with Gasteiger partial charge in [-0.3, -0.25) is 9.19 Å². The fourth-order valence-corrected chi connectivity index (χ4v) is 2.90. The van der Waals surface area contributed by atoms with Crippen molar-refractivity contribution < 1.29 is 14.1 Å². The lowest BCUT2D eigenvalue weighted by Crippen LogP contribution is -2.38. The molecule has 0 bridgehead atoms. The number of pyridine rings is 1. The van der Waals surface area contributed by atoms with Gasteiger partial charge >= 0.3 is 5.97 Å². The number of rotatable bonds is 2. The summed E-state index contributed by atoms with van der Waals surface area (Å²) in [4.78, 5) is 17.1. The standard InChI is InChI=1S/C11H14N2O3S/c1-8-6-10(9(7-12-8)11(14)15)13-2-4-17(16)5-3-13/h6-7H,2-5H2,1H3,(H,14,15). The Morgan fingerprint density at radius 1 is 1.47 bits per heavy atom. The zero-order chi connectivity index (χ0) is 12.4. The Morgan fingerprint density at radius 2 is 2.12 bits per heavy atom. The first kappa shape index (κ1) is 12.0. The van der Waals surface area contributed by atoms with Crippen molar-refractivity contribution in [2.45, 2.75) is 6.92 Å². The first-order valence-corrected chi connectivity index (χ1v) is 6.86. The van der Waals surface area contributed by atoms with Crippen LogP contribution in [0.25, 0.3) is 0 Å². The van der Waals surface area contributed by atoms with Crippen molar-refractivity contribution in [3.05, 3.63) is 23.5 Å². The van der Waals surface area contributed by atoms with Gasteiger partial charge in [0.05, 0.1) is 5.69 Å². The summed E-state index contributed by atoms with van der Waals surface area (Å²) in [5.74, 6) is 0.222. The number of nitrogens with zero attached hydrogens (tertiary/aromatic N) is 2. The number of carboxylic acid groups (broad SMARTS) is 1. The third-order valence-electron chi connectivity index (χ3n) is 2.77. The van der Waals surface area contributed by atoms with Crippen molar-refractivity contribution in [2.75, 3.05) is 29.5 Å². The molecule has 1 N–H and O–H groups in total. The molecule has 1 aliphatic heterocycles. The zero-order valence-electron chi connectivity index (χ0n) is 9.55. The molecular formula is C11H14N2O3S. The minimum absolute atomic E-state index is 0.211. The van der Waals surface area contributed by atoms with Gasteiger partial charge in [-0.05, 0) is 13.0 Å². The molecule has 1 saturated heterocycles. The zero-order valence-corrected chi connectivity index (χ0v) is 10.4. The highest BCUT2D eigenvalue weighted by atomic mass is 32.2. The van der Waals surface area contributed by atoms with Crippen molar-refractivity contribution in [1.82, 2.24) is 4.98 Å². The van der Waals surface area contributed by atoms with E-state index in [1.807, 2.05) is 11.8 Å². The molecule has 17 heavy (non-hydrogen) atoms. The van der Waals surface area contributed by atoms with E-state index in [1.165, 1.54) is 6.20 Å². The minimum Gasteiger partial charge on any atom is -0.478 e.